The van der Waals surface area contributed by atoms with Crippen LogP contribution in [-0.4, -0.2) is 23.9 Å². The number of nitro groups is 1. The number of carbonyl (C=O) groups is 1. The molecule has 1 amide bonds. The van der Waals surface area contributed by atoms with E-state index < -0.39 is 0 Å². The molecule has 0 fully saturated rings. The molecule has 1 rings (SSSR count). The Morgan fingerprint density at radius 1 is 1.26 bits per heavy atom. The third kappa shape index (κ3) is 5.96. The van der Waals surface area contributed by atoms with Crippen molar-refractivity contribution in [2.24, 2.45) is 5.73 Å². The predicted molar refractivity (Wildman–Crippen MR) is 72.7 cm³/mol. The highest BCUT2D eigenvalue weighted by molar-refractivity contribution is 5.73. The molecule has 0 aliphatic heterocycles. The molecular weight excluding hydrogens is 246 g/mol. The molecule has 0 aliphatic rings. The second kappa shape index (κ2) is 8.20. The van der Waals surface area contributed by atoms with Crippen LogP contribution in [-0.2, 0) is 11.2 Å². The molecule has 6 nitrogen and oxygen atoms in total. The van der Waals surface area contributed by atoms with Crippen molar-refractivity contribution in [3.05, 3.63) is 39.9 Å². The first-order valence-electron chi connectivity index (χ1n) is 6.32. The lowest BCUT2D eigenvalue weighted by atomic mass is 10.1. The zero-order chi connectivity index (χ0) is 14.1. The zero-order valence-corrected chi connectivity index (χ0v) is 10.8. The molecule has 0 saturated carbocycles. The van der Waals surface area contributed by atoms with Crippen LogP contribution < -0.4 is 11.1 Å². The van der Waals surface area contributed by atoms with E-state index in [-0.39, 0.29) is 16.5 Å². The maximum absolute atomic E-state index is 10.8. The smallest absolute Gasteiger partial charge is 0.272 e. The fourth-order valence-electron chi connectivity index (χ4n) is 1.80. The van der Waals surface area contributed by atoms with E-state index in [1.807, 2.05) is 0 Å². The molecule has 0 heterocycles. The number of carbonyl (C=O) groups excluding carboxylic acids is 1. The highest BCUT2D eigenvalue weighted by Crippen LogP contribution is 2.17. The molecule has 6 heteroatoms. The van der Waals surface area contributed by atoms with E-state index in [0.29, 0.717) is 19.4 Å². The van der Waals surface area contributed by atoms with Crippen LogP contribution in [0, 0.1) is 10.1 Å². The van der Waals surface area contributed by atoms with Crippen molar-refractivity contribution >= 4 is 11.6 Å². The number of benzene rings is 1. The Labute approximate surface area is 112 Å². The minimum Gasteiger partial charge on any atom is -0.370 e. The number of nitrogens with two attached hydrogens (primary N) is 1. The highest BCUT2D eigenvalue weighted by atomic mass is 16.6. The summed E-state index contributed by atoms with van der Waals surface area (Å²) in [6.45, 7) is 1.47. The van der Waals surface area contributed by atoms with E-state index in [0.717, 1.165) is 24.9 Å². The Bertz CT molecular complexity index is 435. The van der Waals surface area contributed by atoms with E-state index >= 15 is 0 Å². The number of para-hydroxylation sites is 1. The van der Waals surface area contributed by atoms with Crippen LogP contribution in [0.25, 0.3) is 0 Å². The van der Waals surface area contributed by atoms with Gasteiger partial charge in [0.15, 0.2) is 0 Å². The van der Waals surface area contributed by atoms with Crippen LogP contribution in [0.4, 0.5) is 5.69 Å². The van der Waals surface area contributed by atoms with E-state index in [4.69, 9.17) is 5.73 Å². The zero-order valence-electron chi connectivity index (χ0n) is 10.8. The molecule has 0 unspecified atom stereocenters. The van der Waals surface area contributed by atoms with Crippen molar-refractivity contribution in [1.82, 2.24) is 5.32 Å². The van der Waals surface area contributed by atoms with Gasteiger partial charge in [-0.2, -0.15) is 0 Å². The van der Waals surface area contributed by atoms with E-state index in [1.54, 1.807) is 18.2 Å². The Morgan fingerprint density at radius 2 is 2.00 bits per heavy atom. The van der Waals surface area contributed by atoms with E-state index in [1.165, 1.54) is 6.07 Å². The van der Waals surface area contributed by atoms with Crippen molar-refractivity contribution in [2.75, 3.05) is 13.1 Å². The number of hydrogen-bond acceptors (Lipinski definition) is 4. The van der Waals surface area contributed by atoms with Gasteiger partial charge in [-0.1, -0.05) is 18.2 Å². The highest BCUT2D eigenvalue weighted by Gasteiger charge is 2.10. The summed E-state index contributed by atoms with van der Waals surface area (Å²) in [7, 11) is 0. The SMILES string of the molecule is NC(=O)CCCCNCCc1ccccc1[N+](=O)[O-]. The van der Waals surface area contributed by atoms with Crippen LogP contribution in [0.15, 0.2) is 24.3 Å². The lowest BCUT2D eigenvalue weighted by Gasteiger charge is -2.05. The standard InChI is InChI=1S/C13H19N3O3/c14-13(17)7-3-4-9-15-10-8-11-5-1-2-6-12(11)16(18)19/h1-2,5-6,15H,3-4,7-10H2,(H2,14,17). The van der Waals surface area contributed by atoms with Gasteiger partial charge in [0.05, 0.1) is 4.92 Å². The van der Waals surface area contributed by atoms with Gasteiger partial charge in [0.25, 0.3) is 5.69 Å². The summed E-state index contributed by atoms with van der Waals surface area (Å²) < 4.78 is 0. The average molecular weight is 265 g/mol. The van der Waals surface area contributed by atoms with Crippen LogP contribution >= 0.6 is 0 Å². The Kier molecular flexibility index (Phi) is 6.52. The molecular formula is C13H19N3O3. The van der Waals surface area contributed by atoms with Crippen molar-refractivity contribution in [2.45, 2.75) is 25.7 Å². The van der Waals surface area contributed by atoms with Crippen molar-refractivity contribution in [3.63, 3.8) is 0 Å². The lowest BCUT2D eigenvalue weighted by Crippen LogP contribution is -2.19. The lowest BCUT2D eigenvalue weighted by molar-refractivity contribution is -0.385. The summed E-state index contributed by atoms with van der Waals surface area (Å²) in [5, 5.41) is 14.0. The second-order valence-corrected chi connectivity index (χ2v) is 4.31. The Balaban J connectivity index is 2.23. The Morgan fingerprint density at radius 3 is 2.68 bits per heavy atom. The quantitative estimate of drug-likeness (QED) is 0.400. The summed E-state index contributed by atoms with van der Waals surface area (Å²) >= 11 is 0. The van der Waals surface area contributed by atoms with Gasteiger partial charge in [0.1, 0.15) is 0 Å². The number of rotatable bonds is 9. The first-order valence-corrected chi connectivity index (χ1v) is 6.32. The summed E-state index contributed by atoms with van der Waals surface area (Å²) in [6, 6.07) is 6.75. The maximum atomic E-state index is 10.8. The summed E-state index contributed by atoms with van der Waals surface area (Å²) in [6.07, 6.45) is 2.67. The van der Waals surface area contributed by atoms with Crippen LogP contribution in [0.3, 0.4) is 0 Å². The molecule has 0 aliphatic carbocycles. The average Bonchev–Trinajstić information content (AvgIpc) is 2.37. The second-order valence-electron chi connectivity index (χ2n) is 4.31. The monoisotopic (exact) mass is 265 g/mol. The topological polar surface area (TPSA) is 98.3 Å². The van der Waals surface area contributed by atoms with Gasteiger partial charge in [-0.05, 0) is 32.4 Å². The molecule has 0 saturated heterocycles. The fraction of sp³-hybridized carbons (Fsp3) is 0.462. The molecule has 104 valence electrons. The number of primary amides is 1. The van der Waals surface area contributed by atoms with Crippen molar-refractivity contribution < 1.29 is 9.72 Å². The van der Waals surface area contributed by atoms with E-state index in [9.17, 15) is 14.9 Å². The molecule has 0 radical (unpaired) electrons. The van der Waals surface area contributed by atoms with Gasteiger partial charge in [0.2, 0.25) is 5.91 Å². The number of nitrogens with zero attached hydrogens (tertiary/aromatic N) is 1. The van der Waals surface area contributed by atoms with Gasteiger partial charge < -0.3 is 11.1 Å². The third-order valence-corrected chi connectivity index (χ3v) is 2.79. The van der Waals surface area contributed by atoms with Crippen molar-refractivity contribution in [1.29, 1.82) is 0 Å². The normalized spacial score (nSPS) is 10.3. The van der Waals surface area contributed by atoms with Gasteiger partial charge in [-0.25, -0.2) is 0 Å². The first kappa shape index (κ1) is 15.1. The fourth-order valence-corrected chi connectivity index (χ4v) is 1.80. The molecule has 1 aromatic rings. The molecule has 3 N–H and O–H groups in total. The van der Waals surface area contributed by atoms with Gasteiger partial charge >= 0.3 is 0 Å². The molecule has 0 spiro atoms. The van der Waals surface area contributed by atoms with Gasteiger partial charge in [0, 0.05) is 18.1 Å². The summed E-state index contributed by atoms with van der Waals surface area (Å²) in [5.74, 6) is -0.278. The number of amides is 1. The van der Waals surface area contributed by atoms with Crippen LogP contribution in [0.5, 0.6) is 0 Å². The number of hydrogen-bond donors (Lipinski definition) is 2. The summed E-state index contributed by atoms with van der Waals surface area (Å²) in [5.41, 5.74) is 5.93. The number of nitro benzene ring substituents is 1. The number of nitrogens with one attached hydrogen (secondary N) is 1. The molecule has 0 aromatic heterocycles. The largest absolute Gasteiger partial charge is 0.370 e. The summed E-state index contributed by atoms with van der Waals surface area (Å²) in [4.78, 5) is 21.0. The minimum atomic E-state index is -0.359. The van der Waals surface area contributed by atoms with Gasteiger partial charge in [-0.3, -0.25) is 14.9 Å². The molecule has 0 bridgehead atoms. The third-order valence-electron chi connectivity index (χ3n) is 2.79. The maximum Gasteiger partial charge on any atom is 0.272 e. The van der Waals surface area contributed by atoms with E-state index in [2.05, 4.69) is 5.32 Å². The molecule has 0 atom stereocenters. The molecule has 1 aromatic carbocycles. The van der Waals surface area contributed by atoms with Gasteiger partial charge in [-0.15, -0.1) is 0 Å². The van der Waals surface area contributed by atoms with Crippen molar-refractivity contribution in [3.8, 4) is 0 Å². The first-order chi connectivity index (χ1) is 9.11. The molecule has 19 heavy (non-hydrogen) atoms. The van der Waals surface area contributed by atoms with Crippen LogP contribution in [0.1, 0.15) is 24.8 Å². The Hall–Kier alpha value is -1.95. The predicted octanol–water partition coefficient (Wildman–Crippen LogP) is 1.38. The minimum absolute atomic E-state index is 0.165. The van der Waals surface area contributed by atoms with Crippen LogP contribution in [0.2, 0.25) is 0 Å². The number of unbranched alkanes of at least 4 members (excludes halogenated alkanes) is 1.